The highest BCUT2D eigenvalue weighted by Gasteiger charge is 2.38. The number of hydrogen-bond donors (Lipinski definition) is 1. The van der Waals surface area contributed by atoms with Crippen molar-refractivity contribution >= 4 is 22.0 Å². The number of benzene rings is 3. The molecule has 0 aromatic heterocycles. The third kappa shape index (κ3) is 2.57. The van der Waals surface area contributed by atoms with Crippen molar-refractivity contribution in [3.05, 3.63) is 72.8 Å². The van der Waals surface area contributed by atoms with E-state index in [1.165, 1.54) is 0 Å². The molecule has 5 heteroatoms. The first-order valence-electron chi connectivity index (χ1n) is 7.05. The molecule has 0 amide bonds. The van der Waals surface area contributed by atoms with Gasteiger partial charge in [0.15, 0.2) is 27.5 Å². The first-order valence-corrected chi connectivity index (χ1v) is 9.38. The molecule has 1 unspecified atom stereocenters. The van der Waals surface area contributed by atoms with Crippen LogP contribution in [0.15, 0.2) is 92.4 Å². The molecule has 3 nitrogen and oxygen atoms in total. The van der Waals surface area contributed by atoms with Gasteiger partial charge in [-0.2, -0.15) is 0 Å². The molecule has 23 heavy (non-hydrogen) atoms. The van der Waals surface area contributed by atoms with Gasteiger partial charge in [-0.3, -0.25) is 0 Å². The fraction of sp³-hybridized carbons (Fsp3) is 0. The number of fused-ring (bicyclic) bond motifs is 2. The Balaban J connectivity index is 1.89. The summed E-state index contributed by atoms with van der Waals surface area (Å²) in [7, 11) is -0.285. The Bertz CT molecular complexity index is 845. The molecule has 3 aromatic carbocycles. The Kier molecular flexibility index (Phi) is 3.69. The maximum atomic E-state index is 11.2. The summed E-state index contributed by atoms with van der Waals surface area (Å²) in [5.74, 6) is 1.73. The predicted octanol–water partition coefficient (Wildman–Crippen LogP) is 4.47. The van der Waals surface area contributed by atoms with Crippen LogP contribution in [0.4, 0.5) is 0 Å². The second kappa shape index (κ2) is 5.85. The highest BCUT2D eigenvalue weighted by Crippen LogP contribution is 2.46. The Morgan fingerprint density at radius 3 is 1.83 bits per heavy atom. The number of para-hydroxylation sites is 2. The van der Waals surface area contributed by atoms with Crippen LogP contribution in [-0.2, 0) is 22.0 Å². The number of ether oxygens (including phenoxy) is 1. The summed E-state index contributed by atoms with van der Waals surface area (Å²) in [6.45, 7) is 0. The normalized spacial score (nSPS) is 14.5. The van der Waals surface area contributed by atoms with Crippen LogP contribution in [0, 0.1) is 0 Å². The molecular formula is C18H13O3S2+. The van der Waals surface area contributed by atoms with Gasteiger partial charge >= 0.3 is 0 Å². The first-order chi connectivity index (χ1) is 11.2. The van der Waals surface area contributed by atoms with Crippen molar-refractivity contribution in [2.75, 3.05) is 0 Å². The van der Waals surface area contributed by atoms with Gasteiger partial charge in [0.2, 0.25) is 9.79 Å². The smallest absolute Gasteiger partial charge is 0.209 e. The van der Waals surface area contributed by atoms with Crippen molar-refractivity contribution < 1.29 is 13.5 Å². The van der Waals surface area contributed by atoms with E-state index >= 15 is 0 Å². The lowest BCUT2D eigenvalue weighted by Crippen LogP contribution is -2.12. The van der Waals surface area contributed by atoms with Gasteiger partial charge in [-0.1, -0.05) is 24.3 Å². The zero-order valence-electron chi connectivity index (χ0n) is 12.0. The molecule has 0 saturated heterocycles. The Hall–Kier alpha value is -2.08. The molecule has 0 spiro atoms. The lowest BCUT2D eigenvalue weighted by molar-refractivity contribution is 0.453. The lowest BCUT2D eigenvalue weighted by Gasteiger charge is -2.19. The van der Waals surface area contributed by atoms with E-state index < -0.39 is 11.1 Å². The van der Waals surface area contributed by atoms with Crippen LogP contribution in [0.2, 0.25) is 0 Å². The maximum absolute atomic E-state index is 11.2. The standard InChI is InChI=1S/C18H12O3S2/c19-23(20)14-11-9-13(10-12-14)22-17-7-3-1-5-15(17)21-16-6-2-4-8-18(16)22/h1-12H/p+1. The van der Waals surface area contributed by atoms with Crippen LogP contribution >= 0.6 is 0 Å². The SMILES string of the molecule is O=S(O)c1ccc([S+]2c3ccccc3Oc3ccccc32)cc1. The molecule has 1 atom stereocenters. The van der Waals surface area contributed by atoms with Crippen LogP contribution < -0.4 is 4.74 Å². The van der Waals surface area contributed by atoms with Crippen molar-refractivity contribution in [2.24, 2.45) is 0 Å². The average Bonchev–Trinajstić information content (AvgIpc) is 2.59. The van der Waals surface area contributed by atoms with Crippen LogP contribution in [0.1, 0.15) is 0 Å². The van der Waals surface area contributed by atoms with Crippen molar-refractivity contribution in [1.29, 1.82) is 0 Å². The molecule has 1 aliphatic heterocycles. The summed E-state index contributed by atoms with van der Waals surface area (Å²) in [6.07, 6.45) is 0. The Labute approximate surface area is 139 Å². The zero-order valence-corrected chi connectivity index (χ0v) is 13.6. The van der Waals surface area contributed by atoms with E-state index in [9.17, 15) is 8.76 Å². The average molecular weight is 341 g/mol. The lowest BCUT2D eigenvalue weighted by atomic mass is 10.3. The summed E-state index contributed by atoms with van der Waals surface area (Å²) < 4.78 is 26.4. The van der Waals surface area contributed by atoms with Gasteiger partial charge in [0, 0.05) is 0 Å². The van der Waals surface area contributed by atoms with E-state index in [0.717, 1.165) is 26.2 Å². The van der Waals surface area contributed by atoms with Crippen LogP contribution in [0.3, 0.4) is 0 Å². The largest absolute Gasteiger partial charge is 0.447 e. The van der Waals surface area contributed by atoms with E-state index in [2.05, 4.69) is 12.1 Å². The highest BCUT2D eigenvalue weighted by atomic mass is 32.2. The predicted molar refractivity (Wildman–Crippen MR) is 90.6 cm³/mol. The van der Waals surface area contributed by atoms with Gasteiger partial charge in [0.25, 0.3) is 0 Å². The van der Waals surface area contributed by atoms with Crippen LogP contribution in [-0.4, -0.2) is 8.76 Å². The summed E-state index contributed by atoms with van der Waals surface area (Å²) >= 11 is -1.95. The van der Waals surface area contributed by atoms with Crippen molar-refractivity contribution in [3.63, 3.8) is 0 Å². The summed E-state index contributed by atoms with van der Waals surface area (Å²) in [5.41, 5.74) is 0. The zero-order chi connectivity index (χ0) is 15.8. The van der Waals surface area contributed by atoms with Gasteiger partial charge in [-0.05, 0) is 48.5 Å². The van der Waals surface area contributed by atoms with Gasteiger partial charge in [-0.25, -0.2) is 4.21 Å². The van der Waals surface area contributed by atoms with Crippen LogP contribution in [0.25, 0.3) is 0 Å². The molecule has 0 fully saturated rings. The molecule has 1 N–H and O–H groups in total. The van der Waals surface area contributed by atoms with E-state index in [0.29, 0.717) is 4.90 Å². The Morgan fingerprint density at radius 1 is 0.783 bits per heavy atom. The van der Waals surface area contributed by atoms with Gasteiger partial charge in [0.05, 0.1) is 4.90 Å². The fourth-order valence-electron chi connectivity index (χ4n) is 2.59. The van der Waals surface area contributed by atoms with E-state index in [4.69, 9.17) is 4.74 Å². The minimum absolute atomic E-state index is 0.285. The Morgan fingerprint density at radius 2 is 1.30 bits per heavy atom. The van der Waals surface area contributed by atoms with Crippen molar-refractivity contribution in [1.82, 2.24) is 0 Å². The van der Waals surface area contributed by atoms with Gasteiger partial charge < -0.3 is 9.29 Å². The molecular weight excluding hydrogens is 328 g/mol. The van der Waals surface area contributed by atoms with Crippen molar-refractivity contribution in [2.45, 2.75) is 19.6 Å². The third-order valence-electron chi connectivity index (χ3n) is 3.62. The molecule has 1 aliphatic rings. The third-order valence-corrected chi connectivity index (χ3v) is 6.59. The summed E-state index contributed by atoms with van der Waals surface area (Å²) in [5, 5.41) is 0. The van der Waals surface area contributed by atoms with Gasteiger partial charge in [0.1, 0.15) is 10.9 Å². The molecule has 3 aromatic rings. The highest BCUT2D eigenvalue weighted by molar-refractivity contribution is 7.97. The van der Waals surface area contributed by atoms with E-state index in [1.54, 1.807) is 12.1 Å². The topological polar surface area (TPSA) is 46.5 Å². The van der Waals surface area contributed by atoms with E-state index in [-0.39, 0.29) is 10.9 Å². The van der Waals surface area contributed by atoms with E-state index in [1.807, 2.05) is 48.5 Å². The monoisotopic (exact) mass is 341 g/mol. The second-order valence-corrected chi connectivity index (χ2v) is 7.96. The molecule has 4 rings (SSSR count). The summed E-state index contributed by atoms with van der Waals surface area (Å²) in [4.78, 5) is 3.77. The minimum Gasteiger partial charge on any atom is -0.447 e. The number of hydrogen-bond acceptors (Lipinski definition) is 2. The van der Waals surface area contributed by atoms with Gasteiger partial charge in [-0.15, -0.1) is 0 Å². The molecule has 0 saturated carbocycles. The maximum Gasteiger partial charge on any atom is 0.209 e. The molecule has 114 valence electrons. The molecule has 0 aliphatic carbocycles. The molecule has 1 heterocycles. The fourth-order valence-corrected chi connectivity index (χ4v) is 5.16. The summed E-state index contributed by atoms with van der Waals surface area (Å²) in [6, 6.07) is 23.3. The molecule has 0 radical (unpaired) electrons. The molecule has 0 bridgehead atoms. The first kappa shape index (κ1) is 14.5. The second-order valence-electron chi connectivity index (χ2n) is 5.02. The number of rotatable bonds is 2. The van der Waals surface area contributed by atoms with Crippen molar-refractivity contribution in [3.8, 4) is 11.5 Å². The minimum atomic E-state index is -1.95. The van der Waals surface area contributed by atoms with Crippen LogP contribution in [0.5, 0.6) is 11.5 Å². The quantitative estimate of drug-likeness (QED) is 0.432.